The number of rotatable bonds is 7. The fourth-order valence-electron chi connectivity index (χ4n) is 10.9. The normalized spacial score (nSPS) is 16.2. The predicted molar refractivity (Wildman–Crippen MR) is 266 cm³/mol. The summed E-state index contributed by atoms with van der Waals surface area (Å²) in [6.07, 6.45) is 8.18. The Hall–Kier alpha value is -7.74. The van der Waals surface area contributed by atoms with Gasteiger partial charge in [0.05, 0.1) is 11.1 Å². The molecule has 2 aliphatic carbocycles. The minimum absolute atomic E-state index is 0.199. The second-order valence-electron chi connectivity index (χ2n) is 17.4. The summed E-state index contributed by atoms with van der Waals surface area (Å²) in [5, 5.41) is 7.63. The average Bonchev–Trinajstić information content (AvgIpc) is 3.67. The topological polar surface area (TPSA) is 3.24 Å². The Morgan fingerprint density at radius 3 is 1.83 bits per heavy atom. The zero-order valence-electron chi connectivity index (χ0n) is 35.2. The van der Waals surface area contributed by atoms with E-state index in [1.165, 1.54) is 93.8 Å². The number of benzene rings is 10. The molecule has 12 rings (SSSR count). The largest absolute Gasteiger partial charge is 0.310 e. The van der Waals surface area contributed by atoms with E-state index in [1.54, 1.807) is 0 Å². The van der Waals surface area contributed by atoms with E-state index in [-0.39, 0.29) is 5.41 Å². The van der Waals surface area contributed by atoms with E-state index < -0.39 is 5.41 Å². The number of allylic oxidation sites excluding steroid dienone is 3. The minimum Gasteiger partial charge on any atom is -0.310 e. The lowest BCUT2D eigenvalue weighted by atomic mass is 9.68. The van der Waals surface area contributed by atoms with Crippen LogP contribution in [-0.4, -0.2) is 0 Å². The molecule has 0 heterocycles. The van der Waals surface area contributed by atoms with E-state index in [2.05, 4.69) is 255 Å². The fraction of sp³-hybridized carbons (Fsp3) is 0.0645. The molecule has 1 nitrogen and oxygen atoms in total. The van der Waals surface area contributed by atoms with Crippen LogP contribution in [0, 0.1) is 0 Å². The number of hydrogen-bond acceptors (Lipinski definition) is 1. The van der Waals surface area contributed by atoms with Crippen LogP contribution < -0.4 is 4.90 Å². The summed E-state index contributed by atoms with van der Waals surface area (Å²) in [6.45, 7) is 2.40. The molecule has 1 heteroatoms. The second kappa shape index (κ2) is 14.7. The fourth-order valence-corrected chi connectivity index (χ4v) is 10.9. The van der Waals surface area contributed by atoms with Crippen LogP contribution in [0.4, 0.5) is 11.4 Å². The molecule has 0 aliphatic heterocycles. The van der Waals surface area contributed by atoms with Crippen molar-refractivity contribution in [3.05, 3.63) is 276 Å². The summed E-state index contributed by atoms with van der Waals surface area (Å²) in [4.78, 5) is 2.53. The van der Waals surface area contributed by atoms with Crippen LogP contribution in [0.25, 0.3) is 54.6 Å². The molecular weight excluding hydrogens is 759 g/mol. The molecule has 0 fully saturated rings. The molecule has 0 radical (unpaired) electrons. The van der Waals surface area contributed by atoms with E-state index in [0.717, 1.165) is 12.1 Å². The molecule has 2 aliphatic rings. The lowest BCUT2D eigenvalue weighted by Crippen LogP contribution is -2.28. The van der Waals surface area contributed by atoms with Crippen LogP contribution >= 0.6 is 0 Å². The smallest absolute Gasteiger partial charge is 0.0714 e. The highest BCUT2D eigenvalue weighted by molar-refractivity contribution is 6.09. The van der Waals surface area contributed by atoms with Crippen molar-refractivity contribution < 1.29 is 0 Å². The Morgan fingerprint density at radius 1 is 0.429 bits per heavy atom. The van der Waals surface area contributed by atoms with Gasteiger partial charge in [-0.2, -0.15) is 0 Å². The summed E-state index contributed by atoms with van der Waals surface area (Å²) in [5.74, 6) is 0. The van der Waals surface area contributed by atoms with Gasteiger partial charge in [0.2, 0.25) is 0 Å². The van der Waals surface area contributed by atoms with Crippen LogP contribution in [0.15, 0.2) is 248 Å². The van der Waals surface area contributed by atoms with Crippen molar-refractivity contribution in [3.8, 4) is 22.3 Å². The minimum atomic E-state index is -0.499. The Balaban J connectivity index is 1.06. The van der Waals surface area contributed by atoms with Gasteiger partial charge in [0.25, 0.3) is 0 Å². The highest BCUT2D eigenvalue weighted by Gasteiger charge is 2.47. The summed E-state index contributed by atoms with van der Waals surface area (Å²) < 4.78 is 0. The van der Waals surface area contributed by atoms with Gasteiger partial charge in [-0.3, -0.25) is 0 Å². The van der Waals surface area contributed by atoms with Crippen molar-refractivity contribution in [2.45, 2.75) is 24.2 Å². The Labute approximate surface area is 369 Å². The third kappa shape index (κ3) is 5.84. The predicted octanol–water partition coefficient (Wildman–Crippen LogP) is 16.1. The first-order chi connectivity index (χ1) is 31.1. The van der Waals surface area contributed by atoms with Gasteiger partial charge in [0, 0.05) is 22.4 Å². The highest BCUT2D eigenvalue weighted by Crippen LogP contribution is 2.59. The molecule has 10 aromatic carbocycles. The molecule has 1 atom stereocenters. The van der Waals surface area contributed by atoms with Gasteiger partial charge in [-0.15, -0.1) is 0 Å². The molecule has 0 saturated heterocycles. The van der Waals surface area contributed by atoms with Gasteiger partial charge in [0.15, 0.2) is 0 Å². The Kier molecular flexibility index (Phi) is 8.66. The number of nitrogens with zero attached hydrogens (tertiary/aromatic N) is 1. The van der Waals surface area contributed by atoms with Crippen LogP contribution in [0.3, 0.4) is 0 Å². The lowest BCUT2D eigenvalue weighted by Gasteiger charge is -2.36. The average molecular weight is 804 g/mol. The molecule has 10 aromatic rings. The molecule has 0 aromatic heterocycles. The number of hydrogen-bond donors (Lipinski definition) is 0. The molecule has 63 heavy (non-hydrogen) atoms. The summed E-state index contributed by atoms with van der Waals surface area (Å²) in [7, 11) is 0. The molecule has 0 saturated carbocycles. The maximum Gasteiger partial charge on any atom is 0.0714 e. The van der Waals surface area contributed by atoms with Gasteiger partial charge >= 0.3 is 0 Å². The summed E-state index contributed by atoms with van der Waals surface area (Å²) in [5.41, 5.74) is 14.2. The van der Waals surface area contributed by atoms with Gasteiger partial charge in [0.1, 0.15) is 0 Å². The van der Waals surface area contributed by atoms with Crippen molar-refractivity contribution in [1.82, 2.24) is 0 Å². The van der Waals surface area contributed by atoms with Gasteiger partial charge in [-0.25, -0.2) is 0 Å². The van der Waals surface area contributed by atoms with Crippen molar-refractivity contribution in [2.24, 2.45) is 0 Å². The van der Waals surface area contributed by atoms with Gasteiger partial charge in [-0.05, 0) is 114 Å². The second-order valence-corrected chi connectivity index (χ2v) is 17.4. The Bertz CT molecular complexity index is 3390. The first-order valence-corrected chi connectivity index (χ1v) is 22.1. The molecule has 0 N–H and O–H groups in total. The first-order valence-electron chi connectivity index (χ1n) is 22.1. The van der Waals surface area contributed by atoms with E-state index in [9.17, 15) is 0 Å². The standard InChI is InChI=1S/C62H45N/c1-61(56-28-15-26-53-52-24-12-11-19-44(52)34-36-54(53)56)39-37-50(38-40-61)63(51-35-33-46-41-45(31-32-47(46)42-51)43-17-5-2-6-18-43)59-30-16-29-58-60(59)55-25-13-14-27-57(55)62(58,48-20-7-3-8-21-48)49-22-9-4-10-23-49/h2-39,41-42H,40H2,1H3. The van der Waals surface area contributed by atoms with Crippen molar-refractivity contribution >= 4 is 43.7 Å². The molecular formula is C62H45N. The van der Waals surface area contributed by atoms with Crippen LogP contribution in [0.2, 0.25) is 0 Å². The van der Waals surface area contributed by atoms with E-state index in [4.69, 9.17) is 0 Å². The molecule has 0 bridgehead atoms. The van der Waals surface area contributed by atoms with Gasteiger partial charge in [-0.1, -0.05) is 219 Å². The quantitative estimate of drug-likeness (QED) is 0.145. The van der Waals surface area contributed by atoms with E-state index >= 15 is 0 Å². The number of fused-ring (bicyclic) bond motifs is 7. The van der Waals surface area contributed by atoms with E-state index in [1.807, 2.05) is 0 Å². The summed E-state index contributed by atoms with van der Waals surface area (Å²) in [6, 6.07) is 83.0. The number of anilines is 2. The lowest BCUT2D eigenvalue weighted by molar-refractivity contribution is 0.601. The maximum absolute atomic E-state index is 2.53. The third-order valence-electron chi connectivity index (χ3n) is 13.9. The molecule has 298 valence electrons. The summed E-state index contributed by atoms with van der Waals surface area (Å²) >= 11 is 0. The SMILES string of the molecule is CC1(c2cccc3c2ccc2ccccc23)C=CC(N(c2ccc3cc(-c4ccccc4)ccc3c2)c2cccc3c2-c2ccccc2C3(c2ccccc2)c2ccccc2)=CC1. The van der Waals surface area contributed by atoms with Crippen LogP contribution in [0.1, 0.15) is 41.2 Å². The highest BCUT2D eigenvalue weighted by atomic mass is 15.2. The van der Waals surface area contributed by atoms with Gasteiger partial charge < -0.3 is 4.90 Å². The molecule has 0 spiro atoms. The maximum atomic E-state index is 2.53. The third-order valence-corrected chi connectivity index (χ3v) is 13.9. The first kappa shape index (κ1) is 37.1. The van der Waals surface area contributed by atoms with Crippen molar-refractivity contribution in [2.75, 3.05) is 4.90 Å². The zero-order chi connectivity index (χ0) is 42.0. The zero-order valence-corrected chi connectivity index (χ0v) is 35.2. The molecule has 1 unspecified atom stereocenters. The van der Waals surface area contributed by atoms with Crippen molar-refractivity contribution in [1.29, 1.82) is 0 Å². The molecule has 0 amide bonds. The van der Waals surface area contributed by atoms with E-state index in [0.29, 0.717) is 0 Å². The van der Waals surface area contributed by atoms with Crippen molar-refractivity contribution in [3.63, 3.8) is 0 Å². The van der Waals surface area contributed by atoms with Crippen LogP contribution in [0.5, 0.6) is 0 Å². The van der Waals surface area contributed by atoms with Crippen LogP contribution in [-0.2, 0) is 10.8 Å². The Morgan fingerprint density at radius 2 is 1.05 bits per heavy atom. The monoisotopic (exact) mass is 803 g/mol.